The van der Waals surface area contributed by atoms with Crippen LogP contribution in [-0.4, -0.2) is 13.1 Å². The van der Waals surface area contributed by atoms with Crippen LogP contribution in [0.2, 0.25) is 0 Å². The number of benzene rings is 1. The molecule has 82 valence electrons. The third-order valence-corrected chi connectivity index (χ3v) is 2.72. The Morgan fingerprint density at radius 3 is 2.38 bits per heavy atom. The quantitative estimate of drug-likeness (QED) is 0.706. The number of rotatable bonds is 2. The zero-order chi connectivity index (χ0) is 11.5. The van der Waals surface area contributed by atoms with Crippen molar-refractivity contribution in [3.63, 3.8) is 0 Å². The Balaban J connectivity index is 2.18. The van der Waals surface area contributed by atoms with Crippen LogP contribution in [0.25, 0.3) is 5.57 Å². The van der Waals surface area contributed by atoms with Crippen LogP contribution >= 0.6 is 0 Å². The van der Waals surface area contributed by atoms with Crippen molar-refractivity contribution in [2.24, 2.45) is 0 Å². The SMILES string of the molecule is COC(=O)c1ccc(C2=CC=C(C)C2)cc1. The van der Waals surface area contributed by atoms with Crippen LogP contribution in [0.15, 0.2) is 42.0 Å². The first kappa shape index (κ1) is 10.7. The first-order chi connectivity index (χ1) is 7.70. The van der Waals surface area contributed by atoms with E-state index in [-0.39, 0.29) is 5.97 Å². The molecule has 0 amide bonds. The number of hydrogen-bond donors (Lipinski definition) is 0. The first-order valence-electron chi connectivity index (χ1n) is 5.26. The van der Waals surface area contributed by atoms with Crippen molar-refractivity contribution < 1.29 is 9.53 Å². The van der Waals surface area contributed by atoms with Gasteiger partial charge >= 0.3 is 5.97 Å². The van der Waals surface area contributed by atoms with Crippen molar-refractivity contribution in [3.8, 4) is 0 Å². The fraction of sp³-hybridized carbons (Fsp3) is 0.214. The average molecular weight is 214 g/mol. The number of esters is 1. The molecule has 1 aromatic carbocycles. The Bertz CT molecular complexity index is 464. The van der Waals surface area contributed by atoms with Gasteiger partial charge in [-0.2, -0.15) is 0 Å². The molecule has 0 radical (unpaired) electrons. The van der Waals surface area contributed by atoms with Gasteiger partial charge in [0.25, 0.3) is 0 Å². The van der Waals surface area contributed by atoms with E-state index in [1.165, 1.54) is 23.8 Å². The van der Waals surface area contributed by atoms with Crippen molar-refractivity contribution >= 4 is 11.5 Å². The molecule has 0 fully saturated rings. The zero-order valence-electron chi connectivity index (χ0n) is 9.49. The highest BCUT2D eigenvalue weighted by molar-refractivity contribution is 5.89. The van der Waals surface area contributed by atoms with E-state index in [0.29, 0.717) is 5.56 Å². The van der Waals surface area contributed by atoms with E-state index in [1.807, 2.05) is 12.1 Å². The second-order valence-electron chi connectivity index (χ2n) is 3.95. The maximum Gasteiger partial charge on any atom is 0.337 e. The first-order valence-corrected chi connectivity index (χ1v) is 5.26. The zero-order valence-corrected chi connectivity index (χ0v) is 9.49. The summed E-state index contributed by atoms with van der Waals surface area (Å²) in [5.41, 5.74) is 4.43. The van der Waals surface area contributed by atoms with Gasteiger partial charge in [0.15, 0.2) is 0 Å². The Morgan fingerprint density at radius 1 is 1.19 bits per heavy atom. The third kappa shape index (κ3) is 2.06. The Morgan fingerprint density at radius 2 is 1.88 bits per heavy atom. The molecule has 1 aliphatic rings. The molecule has 0 N–H and O–H groups in total. The lowest BCUT2D eigenvalue weighted by Crippen LogP contribution is -2.00. The van der Waals surface area contributed by atoms with Crippen molar-refractivity contribution in [1.29, 1.82) is 0 Å². The lowest BCUT2D eigenvalue weighted by atomic mass is 10.0. The highest BCUT2D eigenvalue weighted by Gasteiger charge is 2.09. The van der Waals surface area contributed by atoms with E-state index in [2.05, 4.69) is 23.8 Å². The highest BCUT2D eigenvalue weighted by atomic mass is 16.5. The van der Waals surface area contributed by atoms with Crippen LogP contribution < -0.4 is 0 Å². The number of methoxy groups -OCH3 is 1. The van der Waals surface area contributed by atoms with Gasteiger partial charge in [-0.05, 0) is 36.6 Å². The Labute approximate surface area is 95.2 Å². The van der Waals surface area contributed by atoms with Gasteiger partial charge < -0.3 is 4.74 Å². The van der Waals surface area contributed by atoms with Crippen LogP contribution in [0.3, 0.4) is 0 Å². The number of hydrogen-bond acceptors (Lipinski definition) is 2. The van der Waals surface area contributed by atoms with Gasteiger partial charge in [-0.1, -0.05) is 29.9 Å². The van der Waals surface area contributed by atoms with Crippen LogP contribution in [0.5, 0.6) is 0 Å². The molecule has 2 rings (SSSR count). The predicted octanol–water partition coefficient (Wildman–Crippen LogP) is 3.21. The number of carbonyl (C=O) groups excluding carboxylic acids is 1. The molecule has 0 atom stereocenters. The Kier molecular flexibility index (Phi) is 2.91. The topological polar surface area (TPSA) is 26.3 Å². The molecule has 0 unspecified atom stereocenters. The molecule has 1 aromatic rings. The summed E-state index contributed by atoms with van der Waals surface area (Å²) < 4.78 is 4.65. The third-order valence-electron chi connectivity index (χ3n) is 2.72. The van der Waals surface area contributed by atoms with E-state index in [0.717, 1.165) is 6.42 Å². The standard InChI is InChI=1S/C14H14O2/c1-10-3-4-13(9-10)11-5-7-12(8-6-11)14(15)16-2/h3-8H,9H2,1-2H3. The van der Waals surface area contributed by atoms with Gasteiger partial charge in [-0.15, -0.1) is 0 Å². The lowest BCUT2D eigenvalue weighted by molar-refractivity contribution is 0.0601. The summed E-state index contributed by atoms with van der Waals surface area (Å²) in [6, 6.07) is 7.53. The minimum absolute atomic E-state index is 0.291. The van der Waals surface area contributed by atoms with E-state index < -0.39 is 0 Å². The predicted molar refractivity (Wildman–Crippen MR) is 64.1 cm³/mol. The molecular formula is C14H14O2. The largest absolute Gasteiger partial charge is 0.465 e. The Hall–Kier alpha value is -1.83. The molecule has 0 aliphatic heterocycles. The normalized spacial score (nSPS) is 14.4. The summed E-state index contributed by atoms with van der Waals surface area (Å²) >= 11 is 0. The molecule has 2 heteroatoms. The summed E-state index contributed by atoms with van der Waals surface area (Å²) in [5.74, 6) is -0.291. The van der Waals surface area contributed by atoms with E-state index in [1.54, 1.807) is 12.1 Å². The van der Waals surface area contributed by atoms with Crippen molar-refractivity contribution in [1.82, 2.24) is 0 Å². The molecule has 0 heterocycles. The van der Waals surface area contributed by atoms with Gasteiger partial charge in [-0.25, -0.2) is 4.79 Å². The minimum Gasteiger partial charge on any atom is -0.465 e. The summed E-state index contributed by atoms with van der Waals surface area (Å²) in [6.45, 7) is 2.12. The van der Waals surface area contributed by atoms with Gasteiger partial charge in [0.1, 0.15) is 0 Å². The summed E-state index contributed by atoms with van der Waals surface area (Å²) in [6.07, 6.45) is 5.25. The van der Waals surface area contributed by atoms with Crippen LogP contribution in [0, 0.1) is 0 Å². The molecule has 2 nitrogen and oxygen atoms in total. The molecule has 0 saturated heterocycles. The lowest BCUT2D eigenvalue weighted by Gasteiger charge is -2.04. The van der Waals surface area contributed by atoms with Crippen LogP contribution in [0.4, 0.5) is 0 Å². The van der Waals surface area contributed by atoms with Crippen molar-refractivity contribution in [3.05, 3.63) is 53.1 Å². The van der Waals surface area contributed by atoms with E-state index >= 15 is 0 Å². The van der Waals surface area contributed by atoms with E-state index in [9.17, 15) is 4.79 Å². The van der Waals surface area contributed by atoms with Gasteiger partial charge in [0.2, 0.25) is 0 Å². The summed E-state index contributed by atoms with van der Waals surface area (Å²) in [4.78, 5) is 11.3. The molecular weight excluding hydrogens is 200 g/mol. The molecule has 0 saturated carbocycles. The van der Waals surface area contributed by atoms with Gasteiger partial charge in [0.05, 0.1) is 12.7 Å². The van der Waals surface area contributed by atoms with Crippen LogP contribution in [0.1, 0.15) is 29.3 Å². The average Bonchev–Trinajstić information content (AvgIpc) is 2.75. The fourth-order valence-electron chi connectivity index (χ4n) is 1.80. The smallest absolute Gasteiger partial charge is 0.337 e. The molecule has 0 aromatic heterocycles. The summed E-state index contributed by atoms with van der Waals surface area (Å²) in [7, 11) is 1.39. The van der Waals surface area contributed by atoms with Gasteiger partial charge in [-0.3, -0.25) is 0 Å². The van der Waals surface area contributed by atoms with Gasteiger partial charge in [0, 0.05) is 0 Å². The maximum absolute atomic E-state index is 11.3. The van der Waals surface area contributed by atoms with Crippen LogP contribution in [-0.2, 0) is 4.74 Å². The highest BCUT2D eigenvalue weighted by Crippen LogP contribution is 2.27. The molecule has 1 aliphatic carbocycles. The van der Waals surface area contributed by atoms with E-state index in [4.69, 9.17) is 0 Å². The number of carbonyl (C=O) groups is 1. The number of allylic oxidation sites excluding steroid dienone is 4. The second-order valence-corrected chi connectivity index (χ2v) is 3.95. The fourth-order valence-corrected chi connectivity index (χ4v) is 1.80. The number of ether oxygens (including phenoxy) is 1. The molecule has 0 bridgehead atoms. The molecule has 0 spiro atoms. The second kappa shape index (κ2) is 4.35. The molecule has 16 heavy (non-hydrogen) atoms. The minimum atomic E-state index is -0.291. The summed E-state index contributed by atoms with van der Waals surface area (Å²) in [5, 5.41) is 0. The van der Waals surface area contributed by atoms with Crippen molar-refractivity contribution in [2.45, 2.75) is 13.3 Å². The monoisotopic (exact) mass is 214 g/mol. The van der Waals surface area contributed by atoms with Crippen molar-refractivity contribution in [2.75, 3.05) is 7.11 Å². The maximum atomic E-state index is 11.3.